The fourth-order valence-corrected chi connectivity index (χ4v) is 2.47. The molecule has 0 aromatic rings. The van der Waals surface area contributed by atoms with Crippen molar-refractivity contribution in [2.75, 3.05) is 19.6 Å². The fraction of sp³-hybridized carbons (Fsp3) is 1.00. The van der Waals surface area contributed by atoms with E-state index in [1.54, 1.807) is 0 Å². The average molecular weight is 212 g/mol. The van der Waals surface area contributed by atoms with Crippen molar-refractivity contribution in [1.29, 1.82) is 0 Å². The average Bonchev–Trinajstić information content (AvgIpc) is 2.26. The van der Waals surface area contributed by atoms with E-state index < -0.39 is 0 Å². The molecular formula is C13H28N2. The molecule has 1 rings (SSSR count). The number of nitrogens with zero attached hydrogens (tertiary/aromatic N) is 1. The van der Waals surface area contributed by atoms with E-state index in [9.17, 15) is 0 Å². The third-order valence-corrected chi connectivity index (χ3v) is 3.73. The first-order valence-electron chi connectivity index (χ1n) is 6.62. The quantitative estimate of drug-likeness (QED) is 0.753. The molecule has 0 aromatic carbocycles. The van der Waals surface area contributed by atoms with Crippen LogP contribution >= 0.6 is 0 Å². The van der Waals surface area contributed by atoms with Crippen LogP contribution in [-0.4, -0.2) is 36.6 Å². The zero-order chi connectivity index (χ0) is 11.3. The van der Waals surface area contributed by atoms with Gasteiger partial charge in [0.1, 0.15) is 0 Å². The Bertz CT molecular complexity index is 160. The smallest absolute Gasteiger partial charge is 0.00679 e. The molecule has 0 aliphatic carbocycles. The summed E-state index contributed by atoms with van der Waals surface area (Å²) in [5.41, 5.74) is 0. The summed E-state index contributed by atoms with van der Waals surface area (Å²) >= 11 is 0. The van der Waals surface area contributed by atoms with Crippen LogP contribution in [0.25, 0.3) is 0 Å². The largest absolute Gasteiger partial charge is 0.314 e. The molecule has 2 heteroatoms. The van der Waals surface area contributed by atoms with E-state index in [4.69, 9.17) is 0 Å². The second-order valence-electron chi connectivity index (χ2n) is 5.21. The molecule has 90 valence electrons. The van der Waals surface area contributed by atoms with Crippen LogP contribution < -0.4 is 5.32 Å². The Morgan fingerprint density at radius 1 is 1.20 bits per heavy atom. The third kappa shape index (κ3) is 4.12. The maximum Gasteiger partial charge on any atom is 0.00679 e. The Hall–Kier alpha value is -0.0800. The molecule has 1 saturated heterocycles. The molecule has 0 bridgehead atoms. The van der Waals surface area contributed by atoms with E-state index in [-0.39, 0.29) is 0 Å². The molecule has 1 aliphatic heterocycles. The Morgan fingerprint density at radius 2 is 1.80 bits per heavy atom. The fourth-order valence-electron chi connectivity index (χ4n) is 2.47. The highest BCUT2D eigenvalue weighted by atomic mass is 15.1. The Kier molecular flexibility index (Phi) is 5.62. The van der Waals surface area contributed by atoms with Gasteiger partial charge in [0.05, 0.1) is 0 Å². The summed E-state index contributed by atoms with van der Waals surface area (Å²) in [5.74, 6) is 0.895. The van der Waals surface area contributed by atoms with Gasteiger partial charge in [0.15, 0.2) is 0 Å². The molecule has 0 aromatic heterocycles. The number of hydrogen-bond donors (Lipinski definition) is 1. The van der Waals surface area contributed by atoms with Gasteiger partial charge in [-0.05, 0) is 65.6 Å². The van der Waals surface area contributed by atoms with Crippen LogP contribution in [0.4, 0.5) is 0 Å². The molecule has 0 spiro atoms. The van der Waals surface area contributed by atoms with Gasteiger partial charge in [0, 0.05) is 12.1 Å². The normalized spacial score (nSPS) is 22.2. The number of piperidine rings is 1. The van der Waals surface area contributed by atoms with Crippen LogP contribution in [-0.2, 0) is 0 Å². The molecule has 0 amide bonds. The zero-order valence-corrected chi connectivity index (χ0v) is 10.9. The van der Waals surface area contributed by atoms with Gasteiger partial charge in [-0.1, -0.05) is 6.92 Å². The minimum Gasteiger partial charge on any atom is -0.314 e. The van der Waals surface area contributed by atoms with Crippen LogP contribution in [0.3, 0.4) is 0 Å². The van der Waals surface area contributed by atoms with Crippen LogP contribution in [0.15, 0.2) is 0 Å². The van der Waals surface area contributed by atoms with Crippen molar-refractivity contribution in [1.82, 2.24) is 10.2 Å². The van der Waals surface area contributed by atoms with Crippen molar-refractivity contribution in [3.63, 3.8) is 0 Å². The number of hydrogen-bond acceptors (Lipinski definition) is 2. The first-order valence-corrected chi connectivity index (χ1v) is 6.62. The molecule has 2 nitrogen and oxygen atoms in total. The minimum absolute atomic E-state index is 0.708. The summed E-state index contributed by atoms with van der Waals surface area (Å²) in [5, 5.41) is 3.63. The summed E-state index contributed by atoms with van der Waals surface area (Å²) in [6, 6.07) is 1.43. The highest BCUT2D eigenvalue weighted by Crippen LogP contribution is 2.21. The standard InChI is InChI=1S/C13H28N2/c1-5-8-14-12(4)13-6-9-15(10-7-13)11(2)3/h11-14H,5-10H2,1-4H3. The maximum absolute atomic E-state index is 3.63. The second-order valence-corrected chi connectivity index (χ2v) is 5.21. The van der Waals surface area contributed by atoms with Crippen molar-refractivity contribution < 1.29 is 0 Å². The van der Waals surface area contributed by atoms with E-state index >= 15 is 0 Å². The molecule has 0 saturated carbocycles. The lowest BCUT2D eigenvalue weighted by atomic mass is 9.90. The van der Waals surface area contributed by atoms with Gasteiger partial charge in [-0.2, -0.15) is 0 Å². The highest BCUT2D eigenvalue weighted by Gasteiger charge is 2.24. The van der Waals surface area contributed by atoms with E-state index in [0.29, 0.717) is 6.04 Å². The van der Waals surface area contributed by atoms with Crippen molar-refractivity contribution >= 4 is 0 Å². The van der Waals surface area contributed by atoms with Crippen molar-refractivity contribution in [2.24, 2.45) is 5.92 Å². The summed E-state index contributed by atoms with van der Waals surface area (Å²) < 4.78 is 0. The van der Waals surface area contributed by atoms with E-state index in [2.05, 4.69) is 37.9 Å². The van der Waals surface area contributed by atoms with Crippen molar-refractivity contribution in [3.05, 3.63) is 0 Å². The predicted molar refractivity (Wildman–Crippen MR) is 67.2 cm³/mol. The van der Waals surface area contributed by atoms with Crippen LogP contribution in [0.1, 0.15) is 47.0 Å². The molecule has 1 unspecified atom stereocenters. The molecule has 15 heavy (non-hydrogen) atoms. The van der Waals surface area contributed by atoms with E-state index in [0.717, 1.165) is 12.0 Å². The highest BCUT2D eigenvalue weighted by molar-refractivity contribution is 4.80. The topological polar surface area (TPSA) is 15.3 Å². The third-order valence-electron chi connectivity index (χ3n) is 3.73. The Balaban J connectivity index is 2.24. The lowest BCUT2D eigenvalue weighted by Gasteiger charge is -2.37. The first kappa shape index (κ1) is 13.0. The Labute approximate surface area is 95.4 Å². The van der Waals surface area contributed by atoms with Gasteiger partial charge in [0.2, 0.25) is 0 Å². The van der Waals surface area contributed by atoms with Gasteiger partial charge >= 0.3 is 0 Å². The van der Waals surface area contributed by atoms with E-state index in [1.807, 2.05) is 0 Å². The summed E-state index contributed by atoms with van der Waals surface area (Å²) in [4.78, 5) is 2.60. The van der Waals surface area contributed by atoms with Gasteiger partial charge in [-0.15, -0.1) is 0 Å². The molecule has 0 radical (unpaired) electrons. The number of nitrogens with one attached hydrogen (secondary N) is 1. The van der Waals surface area contributed by atoms with Crippen molar-refractivity contribution in [3.8, 4) is 0 Å². The minimum atomic E-state index is 0.708. The Morgan fingerprint density at radius 3 is 2.27 bits per heavy atom. The first-order chi connectivity index (χ1) is 7.15. The van der Waals surface area contributed by atoms with Gasteiger partial charge < -0.3 is 10.2 Å². The second kappa shape index (κ2) is 6.49. The lowest BCUT2D eigenvalue weighted by Crippen LogP contribution is -2.44. The molecular weight excluding hydrogens is 184 g/mol. The lowest BCUT2D eigenvalue weighted by molar-refractivity contribution is 0.133. The molecule has 1 N–H and O–H groups in total. The monoisotopic (exact) mass is 212 g/mol. The maximum atomic E-state index is 3.63. The van der Waals surface area contributed by atoms with Crippen LogP contribution in [0, 0.1) is 5.92 Å². The molecule has 1 fully saturated rings. The number of likely N-dealkylation sites (tertiary alicyclic amines) is 1. The summed E-state index contributed by atoms with van der Waals surface area (Å²) in [6.45, 7) is 13.0. The van der Waals surface area contributed by atoms with Crippen molar-refractivity contribution in [2.45, 2.75) is 59.0 Å². The van der Waals surface area contributed by atoms with E-state index in [1.165, 1.54) is 38.9 Å². The molecule has 1 aliphatic rings. The van der Waals surface area contributed by atoms with Gasteiger partial charge in [0.25, 0.3) is 0 Å². The summed E-state index contributed by atoms with van der Waals surface area (Å²) in [6.07, 6.45) is 3.99. The zero-order valence-electron chi connectivity index (χ0n) is 10.9. The summed E-state index contributed by atoms with van der Waals surface area (Å²) in [7, 11) is 0. The van der Waals surface area contributed by atoms with Gasteiger partial charge in [-0.25, -0.2) is 0 Å². The van der Waals surface area contributed by atoms with Crippen LogP contribution in [0.2, 0.25) is 0 Å². The van der Waals surface area contributed by atoms with Crippen LogP contribution in [0.5, 0.6) is 0 Å². The SMILES string of the molecule is CCCNC(C)C1CCN(C(C)C)CC1. The molecule has 1 heterocycles. The predicted octanol–water partition coefficient (Wildman–Crippen LogP) is 2.49. The number of rotatable bonds is 5. The van der Waals surface area contributed by atoms with Gasteiger partial charge in [-0.3, -0.25) is 0 Å². The molecule has 1 atom stereocenters.